The molecule has 0 spiro atoms. The lowest BCUT2D eigenvalue weighted by Gasteiger charge is -2.37. The predicted octanol–water partition coefficient (Wildman–Crippen LogP) is 5.73. The quantitative estimate of drug-likeness (QED) is 0.267. The van der Waals surface area contributed by atoms with Gasteiger partial charge < -0.3 is 15.5 Å². The fraction of sp³-hybridized carbons (Fsp3) is 0.406. The van der Waals surface area contributed by atoms with Gasteiger partial charge in [0.05, 0.1) is 17.0 Å². The predicted molar refractivity (Wildman–Crippen MR) is 168 cm³/mol. The smallest absolute Gasteiger partial charge is 0.241 e. The Labute approximate surface area is 245 Å². The van der Waals surface area contributed by atoms with Crippen molar-refractivity contribution in [2.75, 3.05) is 19.6 Å². The molecule has 3 aromatic rings. The summed E-state index contributed by atoms with van der Waals surface area (Å²) < 4.78 is 30.3. The van der Waals surface area contributed by atoms with E-state index in [4.69, 9.17) is 12.2 Å². The average Bonchev–Trinajstić information content (AvgIpc) is 3.44. The van der Waals surface area contributed by atoms with Gasteiger partial charge in [0.15, 0.2) is 5.11 Å². The third-order valence-electron chi connectivity index (χ3n) is 7.54. The zero-order chi connectivity index (χ0) is 28.8. The maximum Gasteiger partial charge on any atom is 0.241 e. The minimum Gasteiger partial charge on any atom is -0.358 e. The zero-order valence-corrected chi connectivity index (χ0v) is 25.6. The van der Waals surface area contributed by atoms with E-state index in [1.165, 1.54) is 12.8 Å². The molecule has 0 radical (unpaired) electrons. The van der Waals surface area contributed by atoms with Gasteiger partial charge in [0, 0.05) is 12.6 Å². The van der Waals surface area contributed by atoms with Gasteiger partial charge >= 0.3 is 0 Å². The van der Waals surface area contributed by atoms with Crippen molar-refractivity contribution in [3.05, 3.63) is 102 Å². The lowest BCUT2D eigenvalue weighted by molar-refractivity contribution is 0.211. The molecule has 0 bridgehead atoms. The first-order chi connectivity index (χ1) is 19.0. The summed E-state index contributed by atoms with van der Waals surface area (Å²) in [6.07, 6.45) is 2.46. The summed E-state index contributed by atoms with van der Waals surface area (Å²) >= 11 is 5.92. The molecule has 0 amide bonds. The Bertz CT molecular complexity index is 1340. The Kier molecular flexibility index (Phi) is 10.0. The van der Waals surface area contributed by atoms with Gasteiger partial charge in [-0.25, -0.2) is 13.1 Å². The van der Waals surface area contributed by atoms with Crippen LogP contribution in [-0.2, 0) is 10.0 Å². The van der Waals surface area contributed by atoms with Crippen molar-refractivity contribution in [3.63, 3.8) is 0 Å². The SMILES string of the molecule is Cc1ccc(S(=O)(=O)N[C@@H](c2ccccc2)[C@@H](NC(=S)N[C@H](CN2CCCC2)C(C)(C)C)c2ccccc2)cc1. The third kappa shape index (κ3) is 8.13. The van der Waals surface area contributed by atoms with E-state index in [-0.39, 0.29) is 16.4 Å². The van der Waals surface area contributed by atoms with E-state index in [1.807, 2.05) is 79.7 Å². The van der Waals surface area contributed by atoms with Gasteiger partial charge in [-0.3, -0.25) is 0 Å². The number of hydrogen-bond donors (Lipinski definition) is 3. The van der Waals surface area contributed by atoms with Gasteiger partial charge in [-0.2, -0.15) is 0 Å². The molecule has 3 N–H and O–H groups in total. The van der Waals surface area contributed by atoms with Crippen LogP contribution in [-0.4, -0.2) is 44.1 Å². The molecule has 0 unspecified atom stereocenters. The Morgan fingerprint density at radius 1 is 0.825 bits per heavy atom. The Morgan fingerprint density at radius 2 is 1.35 bits per heavy atom. The van der Waals surface area contributed by atoms with Crippen LogP contribution in [0.3, 0.4) is 0 Å². The first-order valence-corrected chi connectivity index (χ1v) is 15.9. The highest BCUT2D eigenvalue weighted by Gasteiger charge is 2.33. The molecule has 214 valence electrons. The van der Waals surface area contributed by atoms with Crippen LogP contribution in [0.25, 0.3) is 0 Å². The van der Waals surface area contributed by atoms with Crippen LogP contribution in [0.1, 0.15) is 62.4 Å². The second-order valence-corrected chi connectivity index (χ2v) is 13.9. The normalized spacial score (nSPS) is 16.7. The Hall–Kier alpha value is -2.78. The number of sulfonamides is 1. The van der Waals surface area contributed by atoms with E-state index in [9.17, 15) is 8.42 Å². The topological polar surface area (TPSA) is 73.5 Å². The molecule has 0 saturated carbocycles. The number of thiocarbonyl (C=S) groups is 1. The zero-order valence-electron chi connectivity index (χ0n) is 23.9. The summed E-state index contributed by atoms with van der Waals surface area (Å²) in [6, 6.07) is 25.5. The van der Waals surface area contributed by atoms with Crippen LogP contribution < -0.4 is 15.4 Å². The summed E-state index contributed by atoms with van der Waals surface area (Å²) in [7, 11) is -3.84. The molecule has 8 heteroatoms. The summed E-state index contributed by atoms with van der Waals surface area (Å²) in [5.41, 5.74) is 2.74. The highest BCUT2D eigenvalue weighted by molar-refractivity contribution is 7.89. The van der Waals surface area contributed by atoms with Gasteiger partial charge in [0.25, 0.3) is 0 Å². The number of nitrogens with one attached hydrogen (secondary N) is 3. The number of hydrogen-bond acceptors (Lipinski definition) is 4. The van der Waals surface area contributed by atoms with Crippen molar-refractivity contribution in [1.82, 2.24) is 20.3 Å². The summed E-state index contributed by atoms with van der Waals surface area (Å²) in [4.78, 5) is 2.72. The minimum absolute atomic E-state index is 0.0254. The van der Waals surface area contributed by atoms with Crippen molar-refractivity contribution in [2.24, 2.45) is 5.41 Å². The van der Waals surface area contributed by atoms with Gasteiger partial charge in [0.2, 0.25) is 10.0 Å². The average molecular weight is 579 g/mol. The molecule has 1 heterocycles. The maximum atomic E-state index is 13.7. The van der Waals surface area contributed by atoms with Crippen molar-refractivity contribution >= 4 is 27.4 Å². The van der Waals surface area contributed by atoms with E-state index in [2.05, 4.69) is 41.0 Å². The highest BCUT2D eigenvalue weighted by Crippen LogP contribution is 2.31. The molecule has 1 saturated heterocycles. The lowest BCUT2D eigenvalue weighted by Crippen LogP contribution is -2.54. The minimum atomic E-state index is -3.84. The molecule has 40 heavy (non-hydrogen) atoms. The molecule has 0 aromatic heterocycles. The molecule has 1 aliphatic rings. The van der Waals surface area contributed by atoms with Crippen molar-refractivity contribution < 1.29 is 8.42 Å². The van der Waals surface area contributed by atoms with Gasteiger partial charge in [0.1, 0.15) is 0 Å². The van der Waals surface area contributed by atoms with Crippen LogP contribution >= 0.6 is 12.2 Å². The van der Waals surface area contributed by atoms with E-state index < -0.39 is 22.1 Å². The standard InChI is InChI=1S/C32H42N4O2S2/c1-24-17-19-27(20-18-24)40(37,38)35-30(26-15-9-6-10-16-26)29(25-13-7-5-8-14-25)34-31(39)33-28(32(2,3)4)23-36-21-11-12-22-36/h5-10,13-20,28-30,35H,11-12,21-23H2,1-4H3,(H2,33,34,39)/t28-,29+,30+/m1/s1. The molecule has 1 fully saturated rings. The molecule has 6 nitrogen and oxygen atoms in total. The number of aryl methyl sites for hydroxylation is 1. The van der Waals surface area contributed by atoms with Crippen LogP contribution in [0, 0.1) is 12.3 Å². The van der Waals surface area contributed by atoms with Crippen LogP contribution in [0.4, 0.5) is 0 Å². The number of rotatable bonds is 10. The van der Waals surface area contributed by atoms with Crippen LogP contribution in [0.15, 0.2) is 89.8 Å². The van der Waals surface area contributed by atoms with Crippen molar-refractivity contribution in [1.29, 1.82) is 0 Å². The Morgan fingerprint density at radius 3 is 1.88 bits per heavy atom. The van der Waals surface area contributed by atoms with E-state index in [1.54, 1.807) is 12.1 Å². The molecular weight excluding hydrogens is 537 g/mol. The van der Waals surface area contributed by atoms with Gasteiger partial charge in [-0.05, 0) is 73.7 Å². The lowest BCUT2D eigenvalue weighted by atomic mass is 9.86. The van der Waals surface area contributed by atoms with Gasteiger partial charge in [-0.1, -0.05) is 99.1 Å². The van der Waals surface area contributed by atoms with E-state index >= 15 is 0 Å². The van der Waals surface area contributed by atoms with Gasteiger partial charge in [-0.15, -0.1) is 0 Å². The monoisotopic (exact) mass is 578 g/mol. The van der Waals surface area contributed by atoms with Crippen molar-refractivity contribution in [3.8, 4) is 0 Å². The molecule has 1 aliphatic heterocycles. The fourth-order valence-electron chi connectivity index (χ4n) is 5.06. The second kappa shape index (κ2) is 13.3. The van der Waals surface area contributed by atoms with Crippen LogP contribution in [0.5, 0.6) is 0 Å². The Balaban J connectivity index is 1.66. The summed E-state index contributed by atoms with van der Waals surface area (Å²) in [5, 5.41) is 7.61. The summed E-state index contributed by atoms with van der Waals surface area (Å²) in [5.74, 6) is 0. The first kappa shape index (κ1) is 30.2. The third-order valence-corrected chi connectivity index (χ3v) is 9.23. The van der Waals surface area contributed by atoms with Crippen molar-refractivity contribution in [2.45, 2.75) is 63.6 Å². The highest BCUT2D eigenvalue weighted by atomic mass is 32.2. The molecule has 0 aliphatic carbocycles. The number of likely N-dealkylation sites (tertiary alicyclic amines) is 1. The maximum absolute atomic E-state index is 13.7. The van der Waals surface area contributed by atoms with Crippen LogP contribution in [0.2, 0.25) is 0 Å². The van der Waals surface area contributed by atoms with E-state index in [0.29, 0.717) is 5.11 Å². The summed E-state index contributed by atoms with van der Waals surface area (Å²) in [6.45, 7) is 11.7. The molecule has 3 atom stereocenters. The fourth-order valence-corrected chi connectivity index (χ4v) is 6.57. The second-order valence-electron chi connectivity index (χ2n) is 11.8. The number of nitrogens with zero attached hydrogens (tertiary/aromatic N) is 1. The van der Waals surface area contributed by atoms with E-state index in [0.717, 1.165) is 36.3 Å². The molecular formula is C32H42N4O2S2. The molecule has 3 aromatic carbocycles. The largest absolute Gasteiger partial charge is 0.358 e. The number of benzene rings is 3. The molecule has 4 rings (SSSR count). The first-order valence-electron chi connectivity index (χ1n) is 14.0.